The number of H-pyrrole nitrogens is 1. The molecule has 2 heterocycles. The lowest BCUT2D eigenvalue weighted by Gasteiger charge is -2.17. The van der Waals surface area contributed by atoms with Crippen molar-refractivity contribution in [3.8, 4) is 11.5 Å². The van der Waals surface area contributed by atoms with E-state index in [1.54, 1.807) is 12.1 Å². The van der Waals surface area contributed by atoms with Crippen LogP contribution in [0.25, 0.3) is 22.6 Å². The topological polar surface area (TPSA) is 80.6 Å². The van der Waals surface area contributed by atoms with Crippen molar-refractivity contribution in [1.29, 1.82) is 0 Å². The Balaban J connectivity index is 1.79. The summed E-state index contributed by atoms with van der Waals surface area (Å²) < 4.78 is 15.0. The lowest BCUT2D eigenvalue weighted by atomic mass is 10.0. The summed E-state index contributed by atoms with van der Waals surface area (Å²) >= 11 is 0. The highest BCUT2D eigenvalue weighted by atomic mass is 19.1. The van der Waals surface area contributed by atoms with Crippen molar-refractivity contribution in [3.63, 3.8) is 0 Å². The van der Waals surface area contributed by atoms with Crippen LogP contribution in [0.2, 0.25) is 0 Å². The van der Waals surface area contributed by atoms with Crippen LogP contribution in [0.4, 0.5) is 4.39 Å². The maximum Gasteiger partial charge on any atom is 0.349 e. The van der Waals surface area contributed by atoms with Crippen LogP contribution in [0.3, 0.4) is 0 Å². The molecule has 0 radical (unpaired) electrons. The molecule has 0 bridgehead atoms. The van der Waals surface area contributed by atoms with Gasteiger partial charge in [-0.25, -0.2) is 14.2 Å². The van der Waals surface area contributed by atoms with Crippen LogP contribution in [0.1, 0.15) is 37.3 Å². The molecular weight excluding hydrogens is 371 g/mol. The Kier molecular flexibility index (Phi) is 4.96. The molecule has 2 aromatic rings. The van der Waals surface area contributed by atoms with Crippen LogP contribution in [-0.2, 0) is 13.0 Å². The van der Waals surface area contributed by atoms with Gasteiger partial charge in [-0.2, -0.15) is 4.98 Å². The molecule has 4 rings (SSSR count). The predicted octanol–water partition coefficient (Wildman–Crippen LogP) is 3.48. The zero-order valence-electron chi connectivity index (χ0n) is 16.3. The number of fused-ring (bicyclic) bond motifs is 2. The van der Waals surface area contributed by atoms with Gasteiger partial charge >= 0.3 is 5.69 Å². The van der Waals surface area contributed by atoms with E-state index in [1.807, 2.05) is 22.8 Å². The quantitative estimate of drug-likeness (QED) is 0.527. The lowest BCUT2D eigenvalue weighted by Crippen LogP contribution is -2.29. The van der Waals surface area contributed by atoms with Gasteiger partial charge in [0.15, 0.2) is 11.5 Å². The van der Waals surface area contributed by atoms with E-state index in [1.165, 1.54) is 12.1 Å². The molecule has 1 N–H and O–H groups in total. The van der Waals surface area contributed by atoms with Crippen molar-refractivity contribution < 1.29 is 4.39 Å². The summed E-state index contributed by atoms with van der Waals surface area (Å²) in [5.41, 5.74) is 2.58. The molecule has 0 atom stereocenters. The van der Waals surface area contributed by atoms with E-state index in [0.717, 1.165) is 29.5 Å². The SMILES string of the molecule is CC(C)c1ccc2c(c1)nc1c(=O)[nH]c(=O)nc-1n2CCCc1ccc(F)cc1. The first-order valence-electron chi connectivity index (χ1n) is 9.61. The lowest BCUT2D eigenvalue weighted by molar-refractivity contribution is 0.624. The average molecular weight is 392 g/mol. The monoisotopic (exact) mass is 392 g/mol. The van der Waals surface area contributed by atoms with Gasteiger partial charge in [0, 0.05) is 6.54 Å². The largest absolute Gasteiger partial charge is 0.349 e. The van der Waals surface area contributed by atoms with E-state index >= 15 is 0 Å². The number of benzene rings is 2. The second-order valence-corrected chi connectivity index (χ2v) is 7.44. The molecule has 0 aromatic heterocycles. The van der Waals surface area contributed by atoms with E-state index in [4.69, 9.17) is 0 Å². The van der Waals surface area contributed by atoms with E-state index < -0.39 is 11.2 Å². The third-order valence-electron chi connectivity index (χ3n) is 5.06. The average Bonchev–Trinajstić information content (AvgIpc) is 2.69. The molecule has 2 aliphatic rings. The highest BCUT2D eigenvalue weighted by Crippen LogP contribution is 2.25. The Labute approximate surface area is 166 Å². The number of nitrogens with zero attached hydrogens (tertiary/aromatic N) is 3. The van der Waals surface area contributed by atoms with Gasteiger partial charge in [-0.3, -0.25) is 9.78 Å². The zero-order chi connectivity index (χ0) is 20.5. The van der Waals surface area contributed by atoms with Gasteiger partial charge in [0.1, 0.15) is 5.82 Å². The Hall–Kier alpha value is -3.35. The number of hydrogen-bond acceptors (Lipinski definition) is 4. The van der Waals surface area contributed by atoms with Gasteiger partial charge < -0.3 is 4.57 Å². The summed E-state index contributed by atoms with van der Waals surface area (Å²) in [5.74, 6) is 0.341. The Bertz CT molecular complexity index is 1260. The first kappa shape index (κ1) is 19.0. The van der Waals surface area contributed by atoms with Crippen molar-refractivity contribution in [2.45, 2.75) is 39.2 Å². The minimum absolute atomic E-state index is 0.153. The molecule has 0 spiro atoms. The van der Waals surface area contributed by atoms with Crippen LogP contribution in [0, 0.1) is 5.82 Å². The minimum Gasteiger partial charge on any atom is -0.322 e. The summed E-state index contributed by atoms with van der Waals surface area (Å²) in [6.45, 7) is 4.73. The van der Waals surface area contributed by atoms with Gasteiger partial charge in [0.2, 0.25) is 0 Å². The van der Waals surface area contributed by atoms with E-state index in [-0.39, 0.29) is 17.3 Å². The molecular formula is C22H21FN4O2. The van der Waals surface area contributed by atoms with Gasteiger partial charge in [-0.1, -0.05) is 32.0 Å². The highest BCUT2D eigenvalue weighted by molar-refractivity contribution is 5.80. The number of nitrogens with one attached hydrogen (secondary N) is 1. The normalized spacial score (nSPS) is 11.6. The second-order valence-electron chi connectivity index (χ2n) is 7.44. The summed E-state index contributed by atoms with van der Waals surface area (Å²) in [6.07, 6.45) is 1.47. The van der Waals surface area contributed by atoms with Crippen molar-refractivity contribution in [2.24, 2.45) is 0 Å². The molecule has 0 fully saturated rings. The van der Waals surface area contributed by atoms with Gasteiger partial charge in [-0.05, 0) is 54.2 Å². The molecule has 7 heteroatoms. The van der Waals surface area contributed by atoms with Crippen LogP contribution in [-0.4, -0.2) is 19.5 Å². The van der Waals surface area contributed by atoms with Crippen molar-refractivity contribution in [1.82, 2.24) is 19.5 Å². The molecule has 148 valence electrons. The molecule has 0 aliphatic carbocycles. The summed E-state index contributed by atoms with van der Waals surface area (Å²) in [7, 11) is 0. The van der Waals surface area contributed by atoms with Crippen molar-refractivity contribution in [3.05, 3.63) is 80.2 Å². The van der Waals surface area contributed by atoms with Crippen LogP contribution < -0.4 is 11.2 Å². The Morgan fingerprint density at radius 1 is 1.07 bits per heavy atom. The maximum atomic E-state index is 13.1. The standard InChI is InChI=1S/C22H21FN4O2/c1-13(2)15-7-10-18-17(12-15)24-19-20(25-22(29)26-21(19)28)27(18)11-3-4-14-5-8-16(23)9-6-14/h5-10,12-13H,3-4,11H2,1-2H3,(H,26,28,29). The van der Waals surface area contributed by atoms with E-state index in [2.05, 4.69) is 28.8 Å². The summed E-state index contributed by atoms with van der Waals surface area (Å²) in [6, 6.07) is 12.4. The highest BCUT2D eigenvalue weighted by Gasteiger charge is 2.19. The maximum absolute atomic E-state index is 13.1. The zero-order valence-corrected chi connectivity index (χ0v) is 16.3. The Morgan fingerprint density at radius 2 is 1.83 bits per heavy atom. The smallest absolute Gasteiger partial charge is 0.322 e. The summed E-state index contributed by atoms with van der Waals surface area (Å²) in [5, 5.41) is 0. The van der Waals surface area contributed by atoms with Crippen molar-refractivity contribution in [2.75, 3.05) is 0 Å². The molecule has 0 unspecified atom stereocenters. The van der Waals surface area contributed by atoms with E-state index in [0.29, 0.717) is 18.0 Å². The first-order chi connectivity index (χ1) is 13.9. The van der Waals surface area contributed by atoms with Crippen LogP contribution >= 0.6 is 0 Å². The summed E-state index contributed by atoms with van der Waals surface area (Å²) in [4.78, 5) is 34.9. The molecule has 2 aliphatic heterocycles. The number of aromatic nitrogens is 4. The number of aryl methyl sites for hydroxylation is 2. The molecule has 0 saturated heterocycles. The molecule has 29 heavy (non-hydrogen) atoms. The van der Waals surface area contributed by atoms with Gasteiger partial charge in [-0.15, -0.1) is 0 Å². The first-order valence-corrected chi connectivity index (χ1v) is 9.61. The van der Waals surface area contributed by atoms with Gasteiger partial charge in [0.25, 0.3) is 5.56 Å². The fourth-order valence-electron chi connectivity index (χ4n) is 3.49. The second kappa shape index (κ2) is 7.58. The third kappa shape index (κ3) is 3.81. The molecule has 0 saturated carbocycles. The number of halogens is 1. The molecule has 6 nitrogen and oxygen atoms in total. The van der Waals surface area contributed by atoms with E-state index in [9.17, 15) is 14.0 Å². The number of hydrogen-bond donors (Lipinski definition) is 1. The number of aromatic amines is 1. The van der Waals surface area contributed by atoms with Crippen LogP contribution in [0.5, 0.6) is 0 Å². The fourth-order valence-corrected chi connectivity index (χ4v) is 3.49. The number of rotatable bonds is 5. The molecule has 2 aromatic carbocycles. The van der Waals surface area contributed by atoms with Crippen LogP contribution in [0.15, 0.2) is 52.1 Å². The fraction of sp³-hybridized carbons (Fsp3) is 0.273. The molecule has 0 amide bonds. The van der Waals surface area contributed by atoms with Gasteiger partial charge in [0.05, 0.1) is 11.0 Å². The minimum atomic E-state index is -0.685. The predicted molar refractivity (Wildman–Crippen MR) is 110 cm³/mol. The Morgan fingerprint density at radius 3 is 2.55 bits per heavy atom. The van der Waals surface area contributed by atoms with Crippen molar-refractivity contribution >= 4 is 11.0 Å². The third-order valence-corrected chi connectivity index (χ3v) is 5.06.